The number of pyridine rings is 2. The zero-order valence-electron chi connectivity index (χ0n) is 29.2. The molecule has 10 heteroatoms. The number of para-hydroxylation sites is 2. The number of benzene rings is 4. The summed E-state index contributed by atoms with van der Waals surface area (Å²) in [6, 6.07) is 43.6. The average molecular weight is 877 g/mol. The maximum atomic E-state index is 9.86. The fourth-order valence-corrected chi connectivity index (χ4v) is 7.18. The molecule has 9 nitrogen and oxygen atoms in total. The normalized spacial score (nSPS) is 11.4. The average Bonchev–Trinajstić information content (AvgIpc) is 3.89. The van der Waals surface area contributed by atoms with Crippen molar-refractivity contribution in [3.05, 3.63) is 138 Å². The van der Waals surface area contributed by atoms with Crippen molar-refractivity contribution in [1.82, 2.24) is 29.3 Å². The molecule has 0 aliphatic rings. The van der Waals surface area contributed by atoms with E-state index in [2.05, 4.69) is 113 Å². The molecule has 0 unspecified atom stereocenters. The van der Waals surface area contributed by atoms with Gasteiger partial charge in [0.2, 0.25) is 0 Å². The summed E-state index contributed by atoms with van der Waals surface area (Å²) in [4.78, 5) is 10.0. The second kappa shape index (κ2) is 13.0. The van der Waals surface area contributed by atoms with Gasteiger partial charge < -0.3 is 19.3 Å². The van der Waals surface area contributed by atoms with Crippen molar-refractivity contribution in [2.45, 2.75) is 26.2 Å². The quantitative estimate of drug-likeness (QED) is 0.161. The maximum Gasteiger partial charge on any atom is 2.00 e. The molecule has 0 aliphatic carbocycles. The molecule has 0 radical (unpaired) electrons. The minimum absolute atomic E-state index is 0. The van der Waals surface area contributed by atoms with Gasteiger partial charge in [-0.15, -0.1) is 17.5 Å². The molecule has 0 bridgehead atoms. The molecule has 0 saturated heterocycles. The van der Waals surface area contributed by atoms with Crippen LogP contribution in [0.4, 0.5) is 0 Å². The summed E-state index contributed by atoms with van der Waals surface area (Å²) in [5, 5.41) is 42.1. The zero-order valence-corrected chi connectivity index (χ0v) is 31.5. The van der Waals surface area contributed by atoms with Crippen molar-refractivity contribution in [1.29, 1.82) is 15.8 Å². The van der Waals surface area contributed by atoms with E-state index in [-0.39, 0.29) is 43.2 Å². The van der Waals surface area contributed by atoms with Crippen LogP contribution in [0.25, 0.3) is 77.9 Å². The third kappa shape index (κ3) is 5.36. The molecular formula is C44H27N9Pt. The molecule has 0 N–H and O–H groups in total. The smallest absolute Gasteiger partial charge is 0.573 e. The Morgan fingerprint density at radius 1 is 0.685 bits per heavy atom. The van der Waals surface area contributed by atoms with E-state index in [9.17, 15) is 15.8 Å². The van der Waals surface area contributed by atoms with Crippen molar-refractivity contribution < 1.29 is 21.1 Å². The van der Waals surface area contributed by atoms with E-state index < -0.39 is 0 Å². The van der Waals surface area contributed by atoms with Gasteiger partial charge in [0.15, 0.2) is 0 Å². The first-order valence-electron chi connectivity index (χ1n) is 17.0. The molecule has 0 amide bonds. The molecule has 0 aliphatic heterocycles. The summed E-state index contributed by atoms with van der Waals surface area (Å²) >= 11 is 0. The maximum absolute atomic E-state index is 9.86. The van der Waals surface area contributed by atoms with Gasteiger partial charge >= 0.3 is 21.1 Å². The zero-order chi connectivity index (χ0) is 36.4. The van der Waals surface area contributed by atoms with Gasteiger partial charge in [-0.25, -0.2) is 9.97 Å². The largest absolute Gasteiger partial charge is 2.00 e. The van der Waals surface area contributed by atoms with Crippen molar-refractivity contribution in [3.8, 4) is 52.4 Å². The van der Waals surface area contributed by atoms with Gasteiger partial charge in [-0.2, -0.15) is 21.9 Å². The number of nitrogens with zero attached hydrogens (tertiary/aromatic N) is 9. The van der Waals surface area contributed by atoms with Crippen LogP contribution in [0.1, 0.15) is 43.0 Å². The Balaban J connectivity index is 0.00000413. The topological polar surface area (TPSA) is 134 Å². The van der Waals surface area contributed by atoms with Crippen molar-refractivity contribution >= 4 is 43.7 Å². The predicted octanol–water partition coefficient (Wildman–Crippen LogP) is 9.07. The number of fused-ring (bicyclic) bond motifs is 6. The van der Waals surface area contributed by atoms with Gasteiger partial charge in [-0.3, -0.25) is 0 Å². The van der Waals surface area contributed by atoms with Crippen LogP contribution in [0.15, 0.2) is 109 Å². The molecule has 0 atom stereocenters. The van der Waals surface area contributed by atoms with Crippen LogP contribution in [0.5, 0.6) is 0 Å². The molecule has 0 saturated carbocycles. The molecule has 9 aromatic rings. The van der Waals surface area contributed by atoms with Crippen molar-refractivity contribution in [3.63, 3.8) is 0 Å². The monoisotopic (exact) mass is 876 g/mol. The van der Waals surface area contributed by atoms with Crippen LogP contribution in [-0.2, 0) is 26.5 Å². The minimum Gasteiger partial charge on any atom is -0.573 e. The summed E-state index contributed by atoms with van der Waals surface area (Å²) in [5.41, 5.74) is 7.93. The summed E-state index contributed by atoms with van der Waals surface area (Å²) < 4.78 is 4.31. The molecule has 4 aromatic carbocycles. The Hall–Kier alpha value is -6.85. The van der Waals surface area contributed by atoms with E-state index in [0.717, 1.165) is 49.6 Å². The van der Waals surface area contributed by atoms with Crippen molar-refractivity contribution in [2.75, 3.05) is 0 Å². The van der Waals surface area contributed by atoms with E-state index in [1.165, 1.54) is 17.7 Å². The van der Waals surface area contributed by atoms with E-state index in [1.54, 1.807) is 6.07 Å². The fourth-order valence-electron chi connectivity index (χ4n) is 7.18. The molecular weight excluding hydrogens is 850 g/mol. The van der Waals surface area contributed by atoms with Crippen LogP contribution in [0.2, 0.25) is 0 Å². The Kier molecular flexibility index (Phi) is 8.23. The molecule has 5 heterocycles. The molecule has 0 spiro atoms. The Morgan fingerprint density at radius 2 is 1.35 bits per heavy atom. The first-order valence-corrected chi connectivity index (χ1v) is 17.0. The molecule has 0 fully saturated rings. The van der Waals surface area contributed by atoms with Crippen LogP contribution in [0, 0.1) is 40.1 Å². The molecule has 258 valence electrons. The fraction of sp³-hybridized carbons (Fsp3) is 0.0909. The summed E-state index contributed by atoms with van der Waals surface area (Å²) in [6.07, 6.45) is 1.88. The van der Waals surface area contributed by atoms with E-state index >= 15 is 0 Å². The third-order valence-electron chi connectivity index (χ3n) is 9.74. The first kappa shape index (κ1) is 34.2. The standard InChI is InChI=1S/C44H27N9.Pt/c1-44(2,3)29-16-17-48-41(20-29)53-39-11-7-4-8-31(39)33-13-12-30(21-40(33)53)52-38-10-6-5-9-32(38)34-14-15-35(49-43(34)52)36-22-37(51-50-36)42-27(24-46)18-26(23-45)19-28(42)25-47;/h4-20,22H,1-3H3;/q-2;+2. The second-order valence-electron chi connectivity index (χ2n) is 13.9. The number of aromatic nitrogens is 6. The minimum atomic E-state index is -0.0530. The van der Waals surface area contributed by atoms with Gasteiger partial charge in [0.1, 0.15) is 11.5 Å². The van der Waals surface area contributed by atoms with E-state index in [1.807, 2.05) is 42.6 Å². The summed E-state index contributed by atoms with van der Waals surface area (Å²) in [6.45, 7) is 6.61. The second-order valence-corrected chi connectivity index (χ2v) is 13.9. The Labute approximate surface area is 324 Å². The van der Waals surface area contributed by atoms with Crippen LogP contribution < -0.4 is 5.10 Å². The molecule has 54 heavy (non-hydrogen) atoms. The van der Waals surface area contributed by atoms with Gasteiger partial charge in [0.25, 0.3) is 0 Å². The summed E-state index contributed by atoms with van der Waals surface area (Å²) in [5.74, 6) is 0.826. The third-order valence-corrected chi connectivity index (χ3v) is 9.74. The van der Waals surface area contributed by atoms with Gasteiger partial charge in [-0.1, -0.05) is 74.1 Å². The summed E-state index contributed by atoms with van der Waals surface area (Å²) in [7, 11) is 0. The number of hydrogen-bond acceptors (Lipinski definition) is 6. The molecule has 5 aromatic heterocycles. The van der Waals surface area contributed by atoms with E-state index in [0.29, 0.717) is 28.3 Å². The molecule has 9 rings (SSSR count). The number of rotatable bonds is 4. The Bertz CT molecular complexity index is 3060. The van der Waals surface area contributed by atoms with Crippen molar-refractivity contribution in [2.24, 2.45) is 0 Å². The van der Waals surface area contributed by atoms with E-state index in [4.69, 9.17) is 9.97 Å². The van der Waals surface area contributed by atoms with Gasteiger partial charge in [0, 0.05) is 28.0 Å². The Morgan fingerprint density at radius 3 is 2.04 bits per heavy atom. The number of hydrogen-bond donors (Lipinski definition) is 0. The first-order chi connectivity index (χ1) is 25.8. The van der Waals surface area contributed by atoms with Crippen LogP contribution in [-0.4, -0.2) is 24.2 Å². The predicted molar refractivity (Wildman–Crippen MR) is 204 cm³/mol. The van der Waals surface area contributed by atoms with Crippen LogP contribution in [0.3, 0.4) is 0 Å². The van der Waals surface area contributed by atoms with Gasteiger partial charge in [-0.05, 0) is 71.0 Å². The number of nitriles is 3. The van der Waals surface area contributed by atoms with Crippen LogP contribution >= 0.6 is 0 Å². The van der Waals surface area contributed by atoms with Gasteiger partial charge in [0.05, 0.1) is 51.8 Å². The SMILES string of the molecule is CC(C)(C)c1ccnc(-n2c3[c-]c(-n4c5ccccc5c5ccc(-c6cc(-c7c(C#N)cc(C#N)cc7C#N)n[n-]6)nc54)ccc3c3ccccc32)c1.[Pt+2].